The molecule has 5 heterocycles. The van der Waals surface area contributed by atoms with Crippen LogP contribution in [-0.2, 0) is 0 Å². The van der Waals surface area contributed by atoms with Crippen LogP contribution in [0.25, 0.3) is 136 Å². The third-order valence-corrected chi connectivity index (χ3v) is 13.6. The monoisotopic (exact) mass is 810 g/mol. The Bertz CT molecular complexity index is 4060. The van der Waals surface area contributed by atoms with Crippen molar-refractivity contribution in [2.75, 3.05) is 0 Å². The van der Waals surface area contributed by atoms with Crippen molar-refractivity contribution in [1.29, 1.82) is 0 Å². The van der Waals surface area contributed by atoms with Crippen molar-refractivity contribution < 1.29 is 8.83 Å². The maximum Gasteiger partial charge on any atom is 0.170 e. The molecule has 0 aliphatic heterocycles. The van der Waals surface area contributed by atoms with Crippen molar-refractivity contribution in [3.63, 3.8) is 0 Å². The van der Waals surface area contributed by atoms with Crippen LogP contribution >= 0.6 is 11.3 Å². The molecule has 0 amide bonds. The van der Waals surface area contributed by atoms with Gasteiger partial charge in [-0.05, 0) is 95.7 Å². The average molecular weight is 811 g/mol. The Labute approximate surface area is 356 Å². The fraction of sp³-hybridized carbons (Fsp3) is 0. The van der Waals surface area contributed by atoms with Crippen LogP contribution in [0.2, 0.25) is 0 Å². The molecule has 14 aromatic rings. The summed E-state index contributed by atoms with van der Waals surface area (Å²) in [6.45, 7) is 0. The molecule has 14 rings (SSSR count). The van der Waals surface area contributed by atoms with Gasteiger partial charge >= 0.3 is 0 Å². The van der Waals surface area contributed by atoms with Gasteiger partial charge in [-0.15, -0.1) is 11.3 Å². The zero-order chi connectivity index (χ0) is 40.5. The number of rotatable bonds is 4. The van der Waals surface area contributed by atoms with E-state index in [1.807, 2.05) is 42.5 Å². The third kappa shape index (κ3) is 4.88. The van der Waals surface area contributed by atoms with Crippen LogP contribution in [0.4, 0.5) is 0 Å². The molecule has 0 fully saturated rings. The van der Waals surface area contributed by atoms with Gasteiger partial charge in [0.2, 0.25) is 0 Å². The fourth-order valence-electron chi connectivity index (χ4n) is 9.57. The summed E-state index contributed by atoms with van der Waals surface area (Å²) in [4.78, 5) is 16.2. The van der Waals surface area contributed by atoms with E-state index in [-0.39, 0.29) is 0 Å². The number of furan rings is 2. The van der Waals surface area contributed by atoms with Gasteiger partial charge < -0.3 is 13.4 Å². The highest BCUT2D eigenvalue weighted by Gasteiger charge is 2.25. The number of aromatic nitrogens is 4. The Morgan fingerprint density at radius 2 is 0.968 bits per heavy atom. The van der Waals surface area contributed by atoms with Crippen LogP contribution in [0.3, 0.4) is 0 Å². The van der Waals surface area contributed by atoms with Gasteiger partial charge in [0.1, 0.15) is 22.3 Å². The van der Waals surface area contributed by atoms with Gasteiger partial charge in [-0.2, -0.15) is 0 Å². The van der Waals surface area contributed by atoms with E-state index >= 15 is 0 Å². The number of fused-ring (bicyclic) bond motifs is 13. The Morgan fingerprint density at radius 1 is 0.371 bits per heavy atom. The average Bonchev–Trinajstić information content (AvgIpc) is 4.09. The Balaban J connectivity index is 1.11. The molecule has 0 unspecified atom stereocenters. The second-order valence-electron chi connectivity index (χ2n) is 15.9. The molecule has 6 nitrogen and oxygen atoms in total. The smallest absolute Gasteiger partial charge is 0.170 e. The summed E-state index contributed by atoms with van der Waals surface area (Å²) in [6, 6.07) is 63.9. The van der Waals surface area contributed by atoms with Crippen molar-refractivity contribution in [2.45, 2.75) is 0 Å². The van der Waals surface area contributed by atoms with E-state index in [1.54, 1.807) is 11.3 Å². The zero-order valence-electron chi connectivity index (χ0n) is 32.8. The maximum atomic E-state index is 6.93. The first kappa shape index (κ1) is 33.7. The number of hydrogen-bond donors (Lipinski definition) is 0. The first-order chi connectivity index (χ1) is 30.7. The lowest BCUT2D eigenvalue weighted by Gasteiger charge is -2.15. The molecule has 62 heavy (non-hydrogen) atoms. The van der Waals surface area contributed by atoms with Crippen molar-refractivity contribution in [3.05, 3.63) is 182 Å². The molecule has 0 saturated carbocycles. The Kier molecular flexibility index (Phi) is 6.89. The zero-order valence-corrected chi connectivity index (χ0v) is 33.7. The minimum Gasteiger partial charge on any atom is -0.456 e. The number of nitrogens with zero attached hydrogens (tertiary/aromatic N) is 4. The summed E-state index contributed by atoms with van der Waals surface area (Å²) >= 11 is 1.80. The standard InChI is InChI=1S/C55H30N4O2S/c1-2-12-32-30-45-40(27-31(32)11-1)35-13-3-7-17-43(35)59(45)44-24-23-39-36-14-4-9-19-47(36)61-52(39)51(44)55-57-53(33-21-25-48-41(28-33)37-15-5-8-18-46(37)60-48)56-54(58-55)34-22-26-50-42(29-34)38-16-6-10-20-49(38)62-50/h1-30H. The molecule has 0 saturated heterocycles. The molecule has 0 aliphatic carbocycles. The van der Waals surface area contributed by atoms with Crippen LogP contribution in [0, 0.1) is 0 Å². The summed E-state index contributed by atoms with van der Waals surface area (Å²) in [5.74, 6) is 1.65. The Hall–Kier alpha value is -8.13. The van der Waals surface area contributed by atoms with Gasteiger partial charge in [-0.1, -0.05) is 97.1 Å². The maximum absolute atomic E-state index is 6.93. The summed E-state index contributed by atoms with van der Waals surface area (Å²) < 4.78 is 18.0. The quantitative estimate of drug-likeness (QED) is 0.177. The summed E-state index contributed by atoms with van der Waals surface area (Å²) in [5.41, 5.74) is 8.80. The van der Waals surface area contributed by atoms with Crippen LogP contribution in [-0.4, -0.2) is 19.5 Å². The van der Waals surface area contributed by atoms with Crippen LogP contribution in [0.5, 0.6) is 0 Å². The minimum atomic E-state index is 0.517. The van der Waals surface area contributed by atoms with E-state index in [4.69, 9.17) is 23.8 Å². The normalized spacial score (nSPS) is 12.2. The van der Waals surface area contributed by atoms with Crippen LogP contribution in [0.15, 0.2) is 191 Å². The topological polar surface area (TPSA) is 69.9 Å². The van der Waals surface area contributed by atoms with E-state index in [9.17, 15) is 0 Å². The molecule has 288 valence electrons. The second-order valence-corrected chi connectivity index (χ2v) is 17.0. The van der Waals surface area contributed by atoms with E-state index in [2.05, 4.69) is 144 Å². The molecule has 0 radical (unpaired) electrons. The summed E-state index contributed by atoms with van der Waals surface area (Å²) in [5, 5.41) is 11.2. The first-order valence-electron chi connectivity index (χ1n) is 20.7. The predicted octanol–water partition coefficient (Wildman–Crippen LogP) is 15.3. The molecule has 5 aromatic heterocycles. The van der Waals surface area contributed by atoms with Gasteiger partial charge in [-0.25, -0.2) is 15.0 Å². The molecule has 9 aromatic carbocycles. The lowest BCUT2D eigenvalue weighted by molar-refractivity contribution is 0.669. The molecule has 0 bridgehead atoms. The molecule has 0 aliphatic rings. The number of para-hydroxylation sites is 3. The van der Waals surface area contributed by atoms with Crippen molar-refractivity contribution in [3.8, 4) is 39.9 Å². The van der Waals surface area contributed by atoms with Gasteiger partial charge in [0.15, 0.2) is 17.5 Å². The van der Waals surface area contributed by atoms with Gasteiger partial charge in [0.05, 0.1) is 22.3 Å². The van der Waals surface area contributed by atoms with Crippen LogP contribution in [0.1, 0.15) is 0 Å². The van der Waals surface area contributed by atoms with Crippen molar-refractivity contribution >= 4 is 108 Å². The SMILES string of the molecule is c1ccc2cc3c(cc2c1)c1ccccc1n3-c1ccc2c(oc3ccccc32)c1-c1nc(-c2ccc3oc4ccccc4c3c2)nc(-c2ccc3sc4ccccc4c3c2)n1. The minimum absolute atomic E-state index is 0.517. The second kappa shape index (κ2) is 12.7. The predicted molar refractivity (Wildman–Crippen MR) is 255 cm³/mol. The van der Waals surface area contributed by atoms with Gasteiger partial charge in [-0.3, -0.25) is 0 Å². The molecule has 0 spiro atoms. The largest absolute Gasteiger partial charge is 0.456 e. The highest BCUT2D eigenvalue weighted by Crippen LogP contribution is 2.44. The fourth-order valence-corrected chi connectivity index (χ4v) is 10.7. The molecule has 0 N–H and O–H groups in total. The third-order valence-electron chi connectivity index (χ3n) is 12.4. The number of hydrogen-bond acceptors (Lipinski definition) is 6. The number of benzene rings is 9. The molecular weight excluding hydrogens is 781 g/mol. The highest BCUT2D eigenvalue weighted by atomic mass is 32.1. The van der Waals surface area contributed by atoms with Crippen molar-refractivity contribution in [2.24, 2.45) is 0 Å². The van der Waals surface area contributed by atoms with Gasteiger partial charge in [0.25, 0.3) is 0 Å². The van der Waals surface area contributed by atoms with E-state index in [1.165, 1.54) is 36.3 Å². The number of thiophene rings is 1. The summed E-state index contributed by atoms with van der Waals surface area (Å²) in [7, 11) is 0. The lowest BCUT2D eigenvalue weighted by Crippen LogP contribution is -2.04. The first-order valence-corrected chi connectivity index (χ1v) is 21.5. The van der Waals surface area contributed by atoms with Crippen LogP contribution < -0.4 is 0 Å². The highest BCUT2D eigenvalue weighted by molar-refractivity contribution is 7.25. The van der Waals surface area contributed by atoms with Gasteiger partial charge in [0, 0.05) is 63.6 Å². The Morgan fingerprint density at radius 3 is 1.79 bits per heavy atom. The van der Waals surface area contributed by atoms with E-state index < -0.39 is 0 Å². The molecule has 0 atom stereocenters. The molecule has 7 heteroatoms. The molecular formula is C55H30N4O2S. The summed E-state index contributed by atoms with van der Waals surface area (Å²) in [6.07, 6.45) is 0. The van der Waals surface area contributed by atoms with E-state index in [0.717, 1.165) is 77.1 Å². The van der Waals surface area contributed by atoms with E-state index in [0.29, 0.717) is 23.1 Å². The lowest BCUT2D eigenvalue weighted by atomic mass is 10.0. The van der Waals surface area contributed by atoms with Crippen molar-refractivity contribution in [1.82, 2.24) is 19.5 Å².